The van der Waals surface area contributed by atoms with E-state index in [1.807, 2.05) is 0 Å². The van der Waals surface area contributed by atoms with Crippen molar-refractivity contribution in [2.24, 2.45) is 0 Å². The van der Waals surface area contributed by atoms with Crippen LogP contribution in [0.5, 0.6) is 34.5 Å². The Morgan fingerprint density at radius 1 is 0.380 bits per heavy atom. The number of benzene rings is 3. The number of halogens is 3. The second-order valence-corrected chi connectivity index (χ2v) is 16.0. The van der Waals surface area contributed by atoms with Crippen molar-refractivity contribution in [3.63, 3.8) is 0 Å². The van der Waals surface area contributed by atoms with Gasteiger partial charge in [-0.2, -0.15) is 22.3 Å². The molecule has 0 aromatic heterocycles. The van der Waals surface area contributed by atoms with E-state index in [4.69, 9.17) is 28.4 Å². The van der Waals surface area contributed by atoms with Gasteiger partial charge in [-0.05, 0) is 90.5 Å². The number of aryl methyl sites for hydroxylation is 3. The van der Waals surface area contributed by atoms with E-state index >= 15 is 0 Å². The van der Waals surface area contributed by atoms with Crippen LogP contribution in [0.2, 0.25) is 0 Å². The smallest absolute Gasteiger partial charge is 1.00 e. The molecule has 4 rings (SSSR count). The van der Waals surface area contributed by atoms with Gasteiger partial charge in [-0.25, -0.2) is 0 Å². The van der Waals surface area contributed by atoms with Crippen molar-refractivity contribution in [1.29, 1.82) is 0 Å². The zero-order valence-electron chi connectivity index (χ0n) is 32.3. The molecule has 0 fully saturated rings. The Balaban J connectivity index is 0.00000600. The molecule has 11 heteroatoms. The van der Waals surface area contributed by atoms with E-state index in [9.17, 15) is 0 Å². The largest absolute Gasteiger partial charge is 4.00 e. The summed E-state index contributed by atoms with van der Waals surface area (Å²) in [6.45, 7) is 21.8. The molecule has 0 bridgehead atoms. The number of hydrogen-bond donors (Lipinski definition) is 0. The normalized spacial score (nSPS) is 10.6. The van der Waals surface area contributed by atoms with Crippen molar-refractivity contribution in [3.8, 4) is 34.5 Å². The molecule has 272 valence electrons. The van der Waals surface area contributed by atoms with Crippen molar-refractivity contribution < 1.29 is 87.4 Å². The molecule has 0 saturated carbocycles. The maximum absolute atomic E-state index is 6.16. The summed E-state index contributed by atoms with van der Waals surface area (Å²) in [6.07, 6.45) is 0. The van der Waals surface area contributed by atoms with Gasteiger partial charge in [-0.15, -0.1) is 5.19 Å². The minimum absolute atomic E-state index is 0. The van der Waals surface area contributed by atoms with Crippen molar-refractivity contribution >= 4 is 28.8 Å². The molecule has 4 aromatic carbocycles. The number of hydrogen-bond acceptors (Lipinski definition) is 6. The molecular weight excluding hydrogens is 747 g/mol. The van der Waals surface area contributed by atoms with Crippen LogP contribution in [0.4, 0.5) is 0 Å². The minimum atomic E-state index is -3.28. The molecule has 4 aromatic rings. The molecule has 0 saturated heterocycles. The van der Waals surface area contributed by atoms with E-state index in [2.05, 4.69) is 87.4 Å². The number of rotatable bonds is 10. The summed E-state index contributed by atoms with van der Waals surface area (Å²) < 4.78 is 36.3. The van der Waals surface area contributed by atoms with Crippen LogP contribution in [0, 0.1) is 69.2 Å². The first-order valence-corrected chi connectivity index (χ1v) is 17.7. The molecule has 50 heavy (non-hydrogen) atoms. The number of methoxy groups -OCH3 is 6. The van der Waals surface area contributed by atoms with E-state index in [0.717, 1.165) is 67.9 Å². The standard InChI is InChI=1S/C39H51O6Si.3ClH.Ti/c1-20-17-30(27(8)36(43-14)33(20)40-11)46(39-25(6)23(4)24(5)26(39)7,31-18-21(2)34(41-12)37(44-15)28(31)9)32-19-22(3)35(42-13)38(45-16)29(32)10;;;;/h17-19H,1-16H3;3*1H;/q-1;;;;+4/p-3. The third-order valence-corrected chi connectivity index (χ3v) is 15.7. The van der Waals surface area contributed by atoms with Crippen LogP contribution in [0.1, 0.15) is 55.6 Å². The van der Waals surface area contributed by atoms with Crippen LogP contribution in [0.3, 0.4) is 0 Å². The third kappa shape index (κ3) is 7.03. The molecule has 0 atom stereocenters. The molecule has 0 aliphatic rings. The van der Waals surface area contributed by atoms with E-state index in [0.29, 0.717) is 0 Å². The van der Waals surface area contributed by atoms with Gasteiger partial charge in [0.15, 0.2) is 34.5 Å². The zero-order chi connectivity index (χ0) is 34.4. The first-order chi connectivity index (χ1) is 21.7. The quantitative estimate of drug-likeness (QED) is 0.0967. The van der Waals surface area contributed by atoms with Crippen molar-refractivity contribution in [3.05, 3.63) is 73.8 Å². The molecule has 0 N–H and O–H groups in total. The summed E-state index contributed by atoms with van der Waals surface area (Å²) >= 11 is 0. The van der Waals surface area contributed by atoms with Gasteiger partial charge in [-0.3, -0.25) is 0 Å². The van der Waals surface area contributed by atoms with Crippen molar-refractivity contribution in [2.45, 2.75) is 69.2 Å². The summed E-state index contributed by atoms with van der Waals surface area (Å²) in [4.78, 5) is 0. The predicted molar refractivity (Wildman–Crippen MR) is 192 cm³/mol. The third-order valence-electron chi connectivity index (χ3n) is 10.3. The monoisotopic (exact) mass is 796 g/mol. The Kier molecular flexibility index (Phi) is 17.5. The zero-order valence-corrected chi connectivity index (χ0v) is 37.1. The Morgan fingerprint density at radius 3 is 0.800 bits per heavy atom. The molecule has 0 amide bonds. The molecule has 0 heterocycles. The van der Waals surface area contributed by atoms with E-state index in [-0.39, 0.29) is 58.9 Å². The summed E-state index contributed by atoms with van der Waals surface area (Å²) in [5, 5.41) is 5.04. The van der Waals surface area contributed by atoms with Crippen LogP contribution < -0.4 is 86.4 Å². The van der Waals surface area contributed by atoms with Gasteiger partial charge in [0, 0.05) is 0 Å². The fourth-order valence-electron chi connectivity index (χ4n) is 7.87. The van der Waals surface area contributed by atoms with Gasteiger partial charge in [-0.1, -0.05) is 45.9 Å². The fraction of sp³-hybridized carbons (Fsp3) is 0.410. The Labute approximate surface area is 334 Å². The summed E-state index contributed by atoms with van der Waals surface area (Å²) in [5.74, 6) is 4.47. The molecule has 0 aliphatic carbocycles. The van der Waals surface area contributed by atoms with Gasteiger partial charge >= 0.3 is 21.7 Å². The predicted octanol–water partition coefficient (Wildman–Crippen LogP) is -3.07. The van der Waals surface area contributed by atoms with Crippen molar-refractivity contribution in [2.75, 3.05) is 42.7 Å². The van der Waals surface area contributed by atoms with E-state index < -0.39 is 8.07 Å². The second kappa shape index (κ2) is 18.4. The number of ether oxygens (including phenoxy) is 6. The average molecular weight is 798 g/mol. The van der Waals surface area contributed by atoms with Gasteiger partial charge in [0.25, 0.3) is 0 Å². The Morgan fingerprint density at radius 2 is 0.600 bits per heavy atom. The first kappa shape index (κ1) is 47.6. The Bertz CT molecular complexity index is 1650. The molecule has 0 spiro atoms. The summed E-state index contributed by atoms with van der Waals surface area (Å²) in [5.41, 5.74) is 11.4. The van der Waals surface area contributed by atoms with Gasteiger partial charge in [0.05, 0.1) is 42.7 Å². The van der Waals surface area contributed by atoms with Crippen LogP contribution >= 0.6 is 0 Å². The maximum atomic E-state index is 6.16. The van der Waals surface area contributed by atoms with Gasteiger partial charge < -0.3 is 65.6 Å². The van der Waals surface area contributed by atoms with Crippen molar-refractivity contribution in [1.82, 2.24) is 0 Å². The van der Waals surface area contributed by atoms with Crippen LogP contribution in [0.15, 0.2) is 18.2 Å². The molecule has 0 aliphatic heterocycles. The first-order valence-electron chi connectivity index (χ1n) is 15.7. The minimum Gasteiger partial charge on any atom is -1.00 e. The second-order valence-electron chi connectivity index (χ2n) is 12.4. The molecule has 0 radical (unpaired) electrons. The summed E-state index contributed by atoms with van der Waals surface area (Å²) in [6, 6.07) is 6.99. The van der Waals surface area contributed by atoms with Gasteiger partial charge in [0.1, 0.15) is 8.07 Å². The topological polar surface area (TPSA) is 55.4 Å². The van der Waals surface area contributed by atoms with E-state index in [1.54, 1.807) is 42.7 Å². The SMILES string of the molecule is COc1c(C)cc([Si](c2cc(C)c(OC)c(OC)c2C)(c2cc(C)c(OC)c(OC)c2C)[c-]2c(C)c(C)c(C)c2C)c(C)c1OC.[Cl-].[Cl-].[Cl-].[Ti+4]. The van der Waals surface area contributed by atoms with Gasteiger partial charge in [0.2, 0.25) is 0 Å². The molecule has 0 unspecified atom stereocenters. The van der Waals surface area contributed by atoms with E-state index in [1.165, 1.54) is 43.0 Å². The average Bonchev–Trinajstić information content (AvgIpc) is 3.22. The van der Waals surface area contributed by atoms with Crippen LogP contribution in [-0.2, 0) is 21.7 Å². The Hall–Kier alpha value is -2.39. The fourth-order valence-corrected chi connectivity index (χ4v) is 14.4. The van der Waals surface area contributed by atoms with Crippen LogP contribution in [-0.4, -0.2) is 50.7 Å². The molecule has 6 nitrogen and oxygen atoms in total. The van der Waals surface area contributed by atoms with Crippen LogP contribution in [0.25, 0.3) is 0 Å². The molecular formula is C39H51Cl3O6SiTi. The summed E-state index contributed by atoms with van der Waals surface area (Å²) in [7, 11) is 7.00. The maximum Gasteiger partial charge on any atom is 4.00 e.